The highest BCUT2D eigenvalue weighted by Crippen LogP contribution is 2.34. The summed E-state index contributed by atoms with van der Waals surface area (Å²) in [4.78, 5) is 12.6. The molecule has 0 spiro atoms. The van der Waals surface area contributed by atoms with Gasteiger partial charge in [0, 0.05) is 10.2 Å². The van der Waals surface area contributed by atoms with E-state index in [4.69, 9.17) is 18.9 Å². The number of nitrogens with one attached hydrogen (secondary N) is 1. The second-order valence-electron chi connectivity index (χ2n) is 7.25. The summed E-state index contributed by atoms with van der Waals surface area (Å²) in [6.07, 6.45) is 1.51. The lowest BCUT2D eigenvalue weighted by atomic mass is 10.1. The first-order chi connectivity index (χ1) is 16.6. The van der Waals surface area contributed by atoms with Crippen LogP contribution in [0, 0.1) is 11.3 Å². The van der Waals surface area contributed by atoms with Gasteiger partial charge in [-0.1, -0.05) is 34.1 Å². The Labute approximate surface area is 205 Å². The zero-order chi connectivity index (χ0) is 23.9. The third kappa shape index (κ3) is 5.69. The van der Waals surface area contributed by atoms with E-state index in [2.05, 4.69) is 21.2 Å². The van der Waals surface area contributed by atoms with E-state index < -0.39 is 5.91 Å². The minimum Gasteiger partial charge on any atom is -0.490 e. The van der Waals surface area contributed by atoms with Gasteiger partial charge < -0.3 is 24.3 Å². The summed E-state index contributed by atoms with van der Waals surface area (Å²) >= 11 is 3.36. The first-order valence-electron chi connectivity index (χ1n) is 10.5. The van der Waals surface area contributed by atoms with Crippen molar-refractivity contribution in [3.8, 4) is 29.1 Å². The molecule has 0 atom stereocenters. The molecule has 1 amide bonds. The second kappa shape index (κ2) is 10.8. The summed E-state index contributed by atoms with van der Waals surface area (Å²) in [5, 5.41) is 12.3. The van der Waals surface area contributed by atoms with Gasteiger partial charge in [-0.15, -0.1) is 0 Å². The highest BCUT2D eigenvalue weighted by atomic mass is 79.9. The van der Waals surface area contributed by atoms with Crippen LogP contribution in [-0.4, -0.2) is 19.3 Å². The lowest BCUT2D eigenvalue weighted by molar-refractivity contribution is -0.112. The first kappa shape index (κ1) is 23.2. The Morgan fingerprint density at radius 1 is 1.09 bits per heavy atom. The quantitative estimate of drug-likeness (QED) is 0.302. The number of halogens is 1. The summed E-state index contributed by atoms with van der Waals surface area (Å²) < 4.78 is 23.3. The standard InChI is InChI=1S/C26H21BrN2O5/c1-2-31-24-11-17(10-19(14-28)26(30)29-21-5-3-4-20(27)13-21)6-8-22(24)32-15-18-7-9-23-25(12-18)34-16-33-23/h3-13H,2,15-16H2,1H3,(H,29,30)/b19-10-. The summed E-state index contributed by atoms with van der Waals surface area (Å²) in [6.45, 7) is 2.83. The number of rotatable bonds is 8. The van der Waals surface area contributed by atoms with Gasteiger partial charge in [0.25, 0.3) is 5.91 Å². The van der Waals surface area contributed by atoms with E-state index in [1.165, 1.54) is 6.08 Å². The number of nitrogens with zero attached hydrogens (tertiary/aromatic N) is 1. The molecule has 1 N–H and O–H groups in total. The molecule has 0 radical (unpaired) electrons. The molecule has 3 aromatic carbocycles. The Kier molecular flexibility index (Phi) is 7.35. The minimum atomic E-state index is -0.498. The normalized spacial score (nSPS) is 12.1. The van der Waals surface area contributed by atoms with Gasteiger partial charge in [0.1, 0.15) is 18.2 Å². The third-order valence-corrected chi connectivity index (χ3v) is 5.35. The van der Waals surface area contributed by atoms with E-state index in [-0.39, 0.29) is 12.4 Å². The van der Waals surface area contributed by atoms with Crippen molar-refractivity contribution in [2.24, 2.45) is 0 Å². The number of hydrogen-bond acceptors (Lipinski definition) is 6. The van der Waals surface area contributed by atoms with Crippen molar-refractivity contribution >= 4 is 33.6 Å². The van der Waals surface area contributed by atoms with Gasteiger partial charge in [-0.25, -0.2) is 0 Å². The van der Waals surface area contributed by atoms with Crippen LogP contribution in [0.1, 0.15) is 18.1 Å². The maximum atomic E-state index is 12.6. The number of fused-ring (bicyclic) bond motifs is 1. The molecule has 7 nitrogen and oxygen atoms in total. The van der Waals surface area contributed by atoms with Gasteiger partial charge in [-0.3, -0.25) is 4.79 Å². The number of ether oxygens (including phenoxy) is 4. The van der Waals surface area contributed by atoms with Crippen LogP contribution in [0.4, 0.5) is 5.69 Å². The molecule has 0 aromatic heterocycles. The fraction of sp³-hybridized carbons (Fsp3) is 0.154. The maximum absolute atomic E-state index is 12.6. The van der Waals surface area contributed by atoms with Crippen LogP contribution in [-0.2, 0) is 11.4 Å². The van der Waals surface area contributed by atoms with E-state index >= 15 is 0 Å². The molecule has 1 aliphatic rings. The fourth-order valence-electron chi connectivity index (χ4n) is 3.27. The Balaban J connectivity index is 1.49. The van der Waals surface area contributed by atoms with Gasteiger partial charge in [-0.05, 0) is 66.6 Å². The molecule has 1 aliphatic heterocycles. The predicted octanol–water partition coefficient (Wildman–Crippen LogP) is 5.70. The lowest BCUT2D eigenvalue weighted by Gasteiger charge is -2.13. The summed E-state index contributed by atoms with van der Waals surface area (Å²) in [6, 6.07) is 20.0. The molecule has 34 heavy (non-hydrogen) atoms. The average molecular weight is 521 g/mol. The van der Waals surface area contributed by atoms with Crippen molar-refractivity contribution in [3.63, 3.8) is 0 Å². The molecule has 1 heterocycles. The van der Waals surface area contributed by atoms with Crippen LogP contribution in [0.5, 0.6) is 23.0 Å². The van der Waals surface area contributed by atoms with Crippen molar-refractivity contribution in [2.45, 2.75) is 13.5 Å². The van der Waals surface area contributed by atoms with Gasteiger partial charge >= 0.3 is 0 Å². The monoisotopic (exact) mass is 520 g/mol. The molecular weight excluding hydrogens is 500 g/mol. The van der Waals surface area contributed by atoms with E-state index in [0.29, 0.717) is 47.5 Å². The Morgan fingerprint density at radius 3 is 2.74 bits per heavy atom. The maximum Gasteiger partial charge on any atom is 0.266 e. The van der Waals surface area contributed by atoms with Crippen LogP contribution in [0.2, 0.25) is 0 Å². The highest BCUT2D eigenvalue weighted by molar-refractivity contribution is 9.10. The fourth-order valence-corrected chi connectivity index (χ4v) is 3.67. The summed E-state index contributed by atoms with van der Waals surface area (Å²) in [7, 11) is 0. The van der Waals surface area contributed by atoms with Crippen LogP contribution < -0.4 is 24.3 Å². The Hall–Kier alpha value is -3.96. The minimum absolute atomic E-state index is 0.0311. The Bertz CT molecular complexity index is 1280. The molecular formula is C26H21BrN2O5. The molecule has 8 heteroatoms. The van der Waals surface area contributed by atoms with Crippen molar-refractivity contribution in [1.29, 1.82) is 5.26 Å². The second-order valence-corrected chi connectivity index (χ2v) is 8.17. The van der Waals surface area contributed by atoms with Crippen LogP contribution in [0.25, 0.3) is 6.08 Å². The number of carbonyl (C=O) groups is 1. The topological polar surface area (TPSA) is 89.8 Å². The van der Waals surface area contributed by atoms with Crippen LogP contribution >= 0.6 is 15.9 Å². The third-order valence-electron chi connectivity index (χ3n) is 4.86. The molecule has 0 fully saturated rings. The lowest BCUT2D eigenvalue weighted by Crippen LogP contribution is -2.13. The smallest absolute Gasteiger partial charge is 0.266 e. The summed E-state index contributed by atoms with van der Waals surface area (Å²) in [5.74, 6) is 1.97. The number of nitriles is 1. The largest absolute Gasteiger partial charge is 0.490 e. The molecule has 0 unspecified atom stereocenters. The first-order valence-corrected chi connectivity index (χ1v) is 11.3. The van der Waals surface area contributed by atoms with Gasteiger partial charge in [0.05, 0.1) is 6.61 Å². The Morgan fingerprint density at radius 2 is 1.94 bits per heavy atom. The van der Waals surface area contributed by atoms with Crippen molar-refractivity contribution < 1.29 is 23.7 Å². The number of benzene rings is 3. The van der Waals surface area contributed by atoms with E-state index in [9.17, 15) is 10.1 Å². The number of anilines is 1. The van der Waals surface area contributed by atoms with E-state index in [1.54, 1.807) is 36.4 Å². The molecule has 0 aliphatic carbocycles. The van der Waals surface area contributed by atoms with Gasteiger partial charge in [0.2, 0.25) is 6.79 Å². The zero-order valence-electron chi connectivity index (χ0n) is 18.3. The average Bonchev–Trinajstić information content (AvgIpc) is 3.30. The molecule has 4 rings (SSSR count). The highest BCUT2D eigenvalue weighted by Gasteiger charge is 2.15. The van der Waals surface area contributed by atoms with Crippen LogP contribution in [0.15, 0.2) is 70.7 Å². The molecule has 0 saturated heterocycles. The molecule has 0 saturated carbocycles. The van der Waals surface area contributed by atoms with Crippen LogP contribution in [0.3, 0.4) is 0 Å². The SMILES string of the molecule is CCOc1cc(/C=C(/C#N)C(=O)Nc2cccc(Br)c2)ccc1OCc1ccc2c(c1)OCO2. The number of carbonyl (C=O) groups excluding carboxylic acids is 1. The van der Waals surface area contributed by atoms with Gasteiger partial charge in [-0.2, -0.15) is 5.26 Å². The van der Waals surface area contributed by atoms with Crippen molar-refractivity contribution in [2.75, 3.05) is 18.7 Å². The molecule has 0 bridgehead atoms. The molecule has 172 valence electrons. The van der Waals surface area contributed by atoms with Crippen molar-refractivity contribution in [3.05, 3.63) is 81.8 Å². The number of hydrogen-bond donors (Lipinski definition) is 1. The van der Waals surface area contributed by atoms with Crippen molar-refractivity contribution in [1.82, 2.24) is 0 Å². The van der Waals surface area contributed by atoms with Gasteiger partial charge in [0.15, 0.2) is 23.0 Å². The summed E-state index contributed by atoms with van der Waals surface area (Å²) in [5.41, 5.74) is 2.12. The predicted molar refractivity (Wildman–Crippen MR) is 131 cm³/mol. The van der Waals surface area contributed by atoms with E-state index in [0.717, 1.165) is 10.0 Å². The zero-order valence-corrected chi connectivity index (χ0v) is 19.9. The molecule has 3 aromatic rings. The van der Waals surface area contributed by atoms with E-state index in [1.807, 2.05) is 37.3 Å². The number of amides is 1.